The van der Waals surface area contributed by atoms with Crippen molar-refractivity contribution in [1.29, 1.82) is 0 Å². The van der Waals surface area contributed by atoms with E-state index >= 15 is 0 Å². The molecular formula is C17H14N2O3. The van der Waals surface area contributed by atoms with Crippen LogP contribution in [0.1, 0.15) is 5.69 Å². The number of benzene rings is 2. The molecule has 0 radical (unpaired) electrons. The molecule has 0 unspecified atom stereocenters. The van der Waals surface area contributed by atoms with Crippen LogP contribution in [0.4, 0.5) is 0 Å². The van der Waals surface area contributed by atoms with Gasteiger partial charge in [0.2, 0.25) is 0 Å². The molecule has 0 atom stereocenters. The predicted octanol–water partition coefficient (Wildman–Crippen LogP) is 2.83. The van der Waals surface area contributed by atoms with E-state index in [1.165, 1.54) is 0 Å². The van der Waals surface area contributed by atoms with Crippen LogP contribution in [-0.2, 0) is 0 Å². The predicted molar refractivity (Wildman–Crippen MR) is 84.4 cm³/mol. The number of nitrogens with one attached hydrogen (secondary N) is 2. The molecule has 2 N–H and O–H groups in total. The van der Waals surface area contributed by atoms with Gasteiger partial charge in [0.05, 0.1) is 5.56 Å². The maximum atomic E-state index is 12.1. The lowest BCUT2D eigenvalue weighted by Gasteiger charge is -2.12. The first-order valence-electron chi connectivity index (χ1n) is 6.80. The Balaban J connectivity index is 2.14. The van der Waals surface area contributed by atoms with Gasteiger partial charge >= 0.3 is 5.69 Å². The molecule has 5 nitrogen and oxygen atoms in total. The molecule has 0 aliphatic rings. The van der Waals surface area contributed by atoms with Crippen molar-refractivity contribution in [3.8, 4) is 22.6 Å². The van der Waals surface area contributed by atoms with Gasteiger partial charge in [-0.15, -0.1) is 0 Å². The molecule has 3 aromatic rings. The Morgan fingerprint density at radius 3 is 2.27 bits per heavy atom. The van der Waals surface area contributed by atoms with E-state index in [1.54, 1.807) is 19.1 Å². The lowest BCUT2D eigenvalue weighted by Crippen LogP contribution is -2.25. The third kappa shape index (κ3) is 2.69. The summed E-state index contributed by atoms with van der Waals surface area (Å²) >= 11 is 0. The molecule has 0 saturated carbocycles. The minimum atomic E-state index is -0.521. The zero-order valence-corrected chi connectivity index (χ0v) is 11.9. The van der Waals surface area contributed by atoms with Crippen LogP contribution in [0, 0.1) is 6.92 Å². The van der Waals surface area contributed by atoms with Crippen LogP contribution in [-0.4, -0.2) is 9.97 Å². The van der Waals surface area contributed by atoms with Crippen LogP contribution >= 0.6 is 0 Å². The fourth-order valence-electron chi connectivity index (χ4n) is 2.30. The van der Waals surface area contributed by atoms with E-state index in [-0.39, 0.29) is 0 Å². The highest BCUT2D eigenvalue weighted by Gasteiger charge is 2.14. The zero-order chi connectivity index (χ0) is 15.5. The summed E-state index contributed by atoms with van der Waals surface area (Å²) in [7, 11) is 0. The highest BCUT2D eigenvalue weighted by molar-refractivity contribution is 5.71. The summed E-state index contributed by atoms with van der Waals surface area (Å²) in [5, 5.41) is 0. The number of aryl methyl sites for hydroxylation is 1. The van der Waals surface area contributed by atoms with E-state index in [9.17, 15) is 9.59 Å². The third-order valence-electron chi connectivity index (χ3n) is 3.26. The minimum absolute atomic E-state index is 0.395. The maximum Gasteiger partial charge on any atom is 0.325 e. The van der Waals surface area contributed by atoms with E-state index < -0.39 is 11.2 Å². The Morgan fingerprint density at radius 1 is 0.864 bits per heavy atom. The normalized spacial score (nSPS) is 10.4. The Labute approximate surface area is 126 Å². The van der Waals surface area contributed by atoms with Crippen molar-refractivity contribution in [2.75, 3.05) is 0 Å². The number of aromatic amines is 2. The van der Waals surface area contributed by atoms with Gasteiger partial charge in [0.25, 0.3) is 5.56 Å². The molecule has 0 amide bonds. The van der Waals surface area contributed by atoms with E-state index in [1.807, 2.05) is 42.5 Å². The molecule has 0 aliphatic carbocycles. The maximum absolute atomic E-state index is 12.1. The first kappa shape index (κ1) is 13.9. The summed E-state index contributed by atoms with van der Waals surface area (Å²) in [5.41, 5.74) is 0.559. The Bertz CT molecular complexity index is 911. The SMILES string of the molecule is Cc1[nH]c(=O)[nH]c(=O)c1-c1ccccc1Oc1ccccc1. The fourth-order valence-corrected chi connectivity index (χ4v) is 2.30. The number of ether oxygens (including phenoxy) is 1. The van der Waals surface area contributed by atoms with Gasteiger partial charge < -0.3 is 9.72 Å². The van der Waals surface area contributed by atoms with Crippen LogP contribution in [0.3, 0.4) is 0 Å². The Morgan fingerprint density at radius 2 is 1.55 bits per heavy atom. The number of hydrogen-bond acceptors (Lipinski definition) is 3. The standard InChI is InChI=1S/C17H14N2O3/c1-11-15(16(20)19-17(21)18-11)13-9-5-6-10-14(13)22-12-7-3-2-4-8-12/h2-10H,1H3,(H2,18,19,20,21). The van der Waals surface area contributed by atoms with Crippen molar-refractivity contribution in [2.24, 2.45) is 0 Å². The summed E-state index contributed by atoms with van der Waals surface area (Å²) in [6, 6.07) is 16.5. The Hall–Kier alpha value is -3.08. The molecule has 1 aromatic heterocycles. The van der Waals surface area contributed by atoms with Gasteiger partial charge in [-0.3, -0.25) is 9.78 Å². The van der Waals surface area contributed by atoms with Gasteiger partial charge in [0.1, 0.15) is 11.5 Å². The summed E-state index contributed by atoms with van der Waals surface area (Å²) < 4.78 is 5.86. The number of H-pyrrole nitrogens is 2. The summed E-state index contributed by atoms with van der Waals surface area (Å²) in [6.45, 7) is 1.69. The molecule has 1 heterocycles. The van der Waals surface area contributed by atoms with Gasteiger partial charge in [-0.25, -0.2) is 4.79 Å². The summed E-state index contributed by atoms with van der Waals surface area (Å²) in [4.78, 5) is 28.3. The van der Waals surface area contributed by atoms with Crippen molar-refractivity contribution in [3.05, 3.63) is 81.1 Å². The molecule has 0 aliphatic heterocycles. The third-order valence-corrected chi connectivity index (χ3v) is 3.26. The largest absolute Gasteiger partial charge is 0.457 e. The molecule has 2 aromatic carbocycles. The second kappa shape index (κ2) is 5.73. The Kier molecular flexibility index (Phi) is 3.62. The van der Waals surface area contributed by atoms with Gasteiger partial charge in [0.15, 0.2) is 0 Å². The topological polar surface area (TPSA) is 75.0 Å². The summed E-state index contributed by atoms with van der Waals surface area (Å²) in [5.74, 6) is 1.22. The monoisotopic (exact) mass is 294 g/mol. The van der Waals surface area contributed by atoms with E-state index in [0.717, 1.165) is 0 Å². The molecule has 0 bridgehead atoms. The zero-order valence-electron chi connectivity index (χ0n) is 11.9. The molecule has 3 rings (SSSR count). The molecular weight excluding hydrogens is 280 g/mol. The number of rotatable bonds is 3. The second-order valence-corrected chi connectivity index (χ2v) is 4.82. The van der Waals surface area contributed by atoms with E-state index in [4.69, 9.17) is 4.74 Å². The molecule has 0 fully saturated rings. The first-order valence-corrected chi connectivity index (χ1v) is 6.80. The average molecular weight is 294 g/mol. The van der Waals surface area contributed by atoms with Crippen LogP contribution < -0.4 is 16.0 Å². The van der Waals surface area contributed by atoms with Gasteiger partial charge in [0, 0.05) is 11.3 Å². The highest BCUT2D eigenvalue weighted by Crippen LogP contribution is 2.32. The lowest BCUT2D eigenvalue weighted by atomic mass is 10.0. The number of hydrogen-bond donors (Lipinski definition) is 2. The van der Waals surface area contributed by atoms with Gasteiger partial charge in [-0.1, -0.05) is 36.4 Å². The van der Waals surface area contributed by atoms with Gasteiger partial charge in [-0.05, 0) is 25.1 Å². The number of aromatic nitrogens is 2. The van der Waals surface area contributed by atoms with Crippen molar-refractivity contribution >= 4 is 0 Å². The van der Waals surface area contributed by atoms with Crippen molar-refractivity contribution in [3.63, 3.8) is 0 Å². The van der Waals surface area contributed by atoms with Crippen molar-refractivity contribution in [1.82, 2.24) is 9.97 Å². The first-order chi connectivity index (χ1) is 10.6. The average Bonchev–Trinajstić information content (AvgIpc) is 2.49. The van der Waals surface area contributed by atoms with Crippen molar-refractivity contribution < 1.29 is 4.74 Å². The minimum Gasteiger partial charge on any atom is -0.457 e. The molecule has 0 spiro atoms. The van der Waals surface area contributed by atoms with E-state index in [0.29, 0.717) is 28.3 Å². The van der Waals surface area contributed by atoms with Crippen LogP contribution in [0.25, 0.3) is 11.1 Å². The van der Waals surface area contributed by atoms with Gasteiger partial charge in [-0.2, -0.15) is 0 Å². The molecule has 110 valence electrons. The summed E-state index contributed by atoms with van der Waals surface area (Å²) in [6.07, 6.45) is 0. The van der Waals surface area contributed by atoms with Crippen LogP contribution in [0.15, 0.2) is 64.2 Å². The van der Waals surface area contributed by atoms with Crippen LogP contribution in [0.5, 0.6) is 11.5 Å². The fraction of sp³-hybridized carbons (Fsp3) is 0.0588. The van der Waals surface area contributed by atoms with Crippen LogP contribution in [0.2, 0.25) is 0 Å². The lowest BCUT2D eigenvalue weighted by molar-refractivity contribution is 0.484. The smallest absolute Gasteiger partial charge is 0.325 e. The van der Waals surface area contributed by atoms with Crippen molar-refractivity contribution in [2.45, 2.75) is 6.92 Å². The molecule has 0 saturated heterocycles. The highest BCUT2D eigenvalue weighted by atomic mass is 16.5. The number of para-hydroxylation sites is 2. The van der Waals surface area contributed by atoms with E-state index in [2.05, 4.69) is 9.97 Å². The molecule has 22 heavy (non-hydrogen) atoms. The quantitative estimate of drug-likeness (QED) is 0.780. The second-order valence-electron chi connectivity index (χ2n) is 4.82. The molecule has 5 heteroatoms.